The summed E-state index contributed by atoms with van der Waals surface area (Å²) in [7, 11) is 3.16. The Kier molecular flexibility index (Phi) is 9.09. The molecule has 0 N–H and O–H groups in total. The molecule has 9 nitrogen and oxygen atoms in total. The fourth-order valence-electron chi connectivity index (χ4n) is 2.74. The number of methoxy groups -OCH3 is 2. The van der Waals surface area contributed by atoms with Gasteiger partial charge in [0.05, 0.1) is 14.2 Å². The fourth-order valence-corrected chi connectivity index (χ4v) is 2.74. The molecule has 0 aliphatic rings. The number of carbonyl (C=O) groups excluding carboxylic acids is 2. The monoisotopic (exact) mass is 467 g/mol. The molecular formula is C25H25NO8. The van der Waals surface area contributed by atoms with Crippen LogP contribution < -0.4 is 18.9 Å². The summed E-state index contributed by atoms with van der Waals surface area (Å²) in [6, 6.07) is 18.5. The van der Waals surface area contributed by atoms with Crippen molar-refractivity contribution >= 4 is 11.9 Å². The van der Waals surface area contributed by atoms with Crippen LogP contribution in [0.3, 0.4) is 0 Å². The minimum absolute atomic E-state index is 0.00613. The van der Waals surface area contributed by atoms with Gasteiger partial charge in [-0.2, -0.15) is 0 Å². The van der Waals surface area contributed by atoms with Crippen molar-refractivity contribution < 1.29 is 38.0 Å². The van der Waals surface area contributed by atoms with Gasteiger partial charge in [-0.05, 0) is 60.7 Å². The van der Waals surface area contributed by atoms with Crippen molar-refractivity contribution in [1.29, 1.82) is 0 Å². The van der Waals surface area contributed by atoms with Gasteiger partial charge in [0, 0.05) is 0 Å². The largest absolute Gasteiger partial charge is 0.497 e. The summed E-state index contributed by atoms with van der Waals surface area (Å²) in [6.07, 6.45) is 0. The lowest BCUT2D eigenvalue weighted by molar-refractivity contribution is 0.0434. The zero-order valence-electron chi connectivity index (χ0n) is 18.9. The molecule has 0 bridgehead atoms. The first-order valence-corrected chi connectivity index (χ1v) is 10.4. The summed E-state index contributed by atoms with van der Waals surface area (Å²) >= 11 is 0. The number of benzene rings is 2. The number of nitrogens with zero attached hydrogens (tertiary/aromatic N) is 1. The SMILES string of the molecule is COc1ccc(OCCOC(=O)c2cccc(C(=O)OCCOc3ccc(OC)cc3)n2)cc1. The second-order valence-electron chi connectivity index (χ2n) is 6.73. The number of pyridine rings is 1. The molecule has 3 aromatic rings. The van der Waals surface area contributed by atoms with Crippen molar-refractivity contribution in [2.75, 3.05) is 40.6 Å². The normalized spacial score (nSPS) is 10.2. The van der Waals surface area contributed by atoms with Gasteiger partial charge in [-0.25, -0.2) is 14.6 Å². The highest BCUT2D eigenvalue weighted by Crippen LogP contribution is 2.17. The van der Waals surface area contributed by atoms with Gasteiger partial charge in [-0.3, -0.25) is 0 Å². The molecule has 0 atom stereocenters. The molecule has 0 amide bonds. The average Bonchev–Trinajstić information content (AvgIpc) is 2.89. The van der Waals surface area contributed by atoms with Gasteiger partial charge >= 0.3 is 11.9 Å². The molecule has 2 aromatic carbocycles. The van der Waals surface area contributed by atoms with Crippen LogP contribution in [0.25, 0.3) is 0 Å². The number of ether oxygens (including phenoxy) is 6. The lowest BCUT2D eigenvalue weighted by Gasteiger charge is -2.09. The average molecular weight is 467 g/mol. The fraction of sp³-hybridized carbons (Fsp3) is 0.240. The van der Waals surface area contributed by atoms with Crippen LogP contribution in [-0.2, 0) is 9.47 Å². The Labute approximate surface area is 197 Å². The lowest BCUT2D eigenvalue weighted by Crippen LogP contribution is -2.17. The van der Waals surface area contributed by atoms with E-state index in [0.29, 0.717) is 23.0 Å². The van der Waals surface area contributed by atoms with E-state index in [1.165, 1.54) is 18.2 Å². The third kappa shape index (κ3) is 7.40. The number of hydrogen-bond donors (Lipinski definition) is 0. The van der Waals surface area contributed by atoms with Crippen molar-refractivity contribution in [2.45, 2.75) is 0 Å². The van der Waals surface area contributed by atoms with Crippen molar-refractivity contribution in [1.82, 2.24) is 4.98 Å². The number of esters is 2. The van der Waals surface area contributed by atoms with Gasteiger partial charge in [0.1, 0.15) is 60.8 Å². The first-order chi connectivity index (χ1) is 16.6. The molecule has 0 radical (unpaired) electrons. The first-order valence-electron chi connectivity index (χ1n) is 10.4. The van der Waals surface area contributed by atoms with E-state index >= 15 is 0 Å². The van der Waals surface area contributed by atoms with E-state index in [1.807, 2.05) is 0 Å². The summed E-state index contributed by atoms with van der Waals surface area (Å²) in [5.74, 6) is 1.33. The van der Waals surface area contributed by atoms with Crippen molar-refractivity contribution in [3.8, 4) is 23.0 Å². The van der Waals surface area contributed by atoms with Crippen molar-refractivity contribution in [3.05, 3.63) is 78.1 Å². The summed E-state index contributed by atoms with van der Waals surface area (Å²) in [5, 5.41) is 0. The van der Waals surface area contributed by atoms with E-state index in [9.17, 15) is 9.59 Å². The van der Waals surface area contributed by atoms with Gasteiger partial charge in [0.2, 0.25) is 0 Å². The van der Waals surface area contributed by atoms with Gasteiger partial charge in [0.25, 0.3) is 0 Å². The molecule has 0 unspecified atom stereocenters. The number of rotatable bonds is 12. The second kappa shape index (κ2) is 12.7. The second-order valence-corrected chi connectivity index (χ2v) is 6.73. The standard InChI is InChI=1S/C25H25NO8/c1-29-18-6-10-20(11-7-18)31-14-16-33-24(27)22-4-3-5-23(26-22)25(28)34-17-15-32-21-12-8-19(30-2)9-13-21/h3-13H,14-17H2,1-2H3. The summed E-state index contributed by atoms with van der Waals surface area (Å²) in [6.45, 7) is 0.357. The van der Waals surface area contributed by atoms with Crippen LogP contribution in [0.5, 0.6) is 23.0 Å². The molecule has 0 aliphatic heterocycles. The van der Waals surface area contributed by atoms with E-state index < -0.39 is 11.9 Å². The molecule has 0 saturated heterocycles. The maximum atomic E-state index is 12.2. The Morgan fingerprint density at radius 1 is 0.588 bits per heavy atom. The molecule has 1 heterocycles. The molecule has 0 aliphatic carbocycles. The van der Waals surface area contributed by atoms with E-state index in [4.69, 9.17) is 28.4 Å². The van der Waals surface area contributed by atoms with Crippen molar-refractivity contribution in [3.63, 3.8) is 0 Å². The van der Waals surface area contributed by atoms with E-state index in [0.717, 1.165) is 0 Å². The zero-order valence-corrected chi connectivity index (χ0v) is 18.9. The first kappa shape index (κ1) is 24.4. The van der Waals surface area contributed by atoms with Crippen LogP contribution in [-0.4, -0.2) is 57.6 Å². The van der Waals surface area contributed by atoms with Crippen LogP contribution >= 0.6 is 0 Å². The Morgan fingerprint density at radius 3 is 1.35 bits per heavy atom. The molecule has 9 heteroatoms. The van der Waals surface area contributed by atoms with Crippen LogP contribution in [0.15, 0.2) is 66.7 Å². The van der Waals surface area contributed by atoms with Gasteiger partial charge < -0.3 is 28.4 Å². The third-order valence-electron chi connectivity index (χ3n) is 4.46. The molecular weight excluding hydrogens is 442 g/mol. The smallest absolute Gasteiger partial charge is 0.357 e. The molecule has 34 heavy (non-hydrogen) atoms. The quantitative estimate of drug-likeness (QED) is 0.292. The van der Waals surface area contributed by atoms with Crippen molar-refractivity contribution in [2.24, 2.45) is 0 Å². The molecule has 0 fully saturated rings. The van der Waals surface area contributed by atoms with E-state index in [-0.39, 0.29) is 37.8 Å². The Bertz CT molecular complexity index is 984. The third-order valence-corrected chi connectivity index (χ3v) is 4.46. The minimum Gasteiger partial charge on any atom is -0.497 e. The topological polar surface area (TPSA) is 102 Å². The maximum absolute atomic E-state index is 12.2. The van der Waals surface area contributed by atoms with Gasteiger partial charge in [-0.1, -0.05) is 6.07 Å². The number of aromatic nitrogens is 1. The molecule has 0 spiro atoms. The molecule has 178 valence electrons. The number of hydrogen-bond acceptors (Lipinski definition) is 9. The Balaban J connectivity index is 1.39. The maximum Gasteiger partial charge on any atom is 0.357 e. The predicted octanol–water partition coefficient (Wildman–Crippen LogP) is 3.57. The van der Waals surface area contributed by atoms with Crippen LogP contribution in [0, 0.1) is 0 Å². The summed E-state index contributed by atoms with van der Waals surface area (Å²) in [4.78, 5) is 28.5. The van der Waals surface area contributed by atoms with E-state index in [2.05, 4.69) is 4.98 Å². The lowest BCUT2D eigenvalue weighted by atomic mass is 10.3. The Hall–Kier alpha value is -4.27. The Morgan fingerprint density at radius 2 is 0.971 bits per heavy atom. The highest BCUT2D eigenvalue weighted by atomic mass is 16.6. The van der Waals surface area contributed by atoms with Gasteiger partial charge in [-0.15, -0.1) is 0 Å². The van der Waals surface area contributed by atoms with E-state index in [1.54, 1.807) is 62.8 Å². The van der Waals surface area contributed by atoms with Gasteiger partial charge in [0.15, 0.2) is 0 Å². The highest BCUT2D eigenvalue weighted by molar-refractivity contribution is 5.91. The van der Waals surface area contributed by atoms with Crippen LogP contribution in [0.4, 0.5) is 0 Å². The van der Waals surface area contributed by atoms with Crippen LogP contribution in [0.1, 0.15) is 21.0 Å². The summed E-state index contributed by atoms with van der Waals surface area (Å²) < 4.78 is 31.5. The number of carbonyl (C=O) groups is 2. The minimum atomic E-state index is -0.671. The highest BCUT2D eigenvalue weighted by Gasteiger charge is 2.14. The van der Waals surface area contributed by atoms with Crippen LogP contribution in [0.2, 0.25) is 0 Å². The molecule has 0 saturated carbocycles. The molecule has 3 rings (SSSR count). The summed E-state index contributed by atoms with van der Waals surface area (Å²) in [5.41, 5.74) is -0.0123. The zero-order chi connectivity index (χ0) is 24.2. The predicted molar refractivity (Wildman–Crippen MR) is 122 cm³/mol. The molecule has 1 aromatic heterocycles.